The second-order valence-electron chi connectivity index (χ2n) is 7.02. The highest BCUT2D eigenvalue weighted by Crippen LogP contribution is 2.24. The van der Waals surface area contributed by atoms with Crippen molar-refractivity contribution in [2.24, 2.45) is 0 Å². The van der Waals surface area contributed by atoms with E-state index in [4.69, 9.17) is 21.1 Å². The zero-order chi connectivity index (χ0) is 23.3. The predicted octanol–water partition coefficient (Wildman–Crippen LogP) is 4.86. The Hall–Kier alpha value is -3.23. The van der Waals surface area contributed by atoms with E-state index in [0.717, 1.165) is 5.56 Å². The molecule has 2 N–H and O–H groups in total. The van der Waals surface area contributed by atoms with E-state index in [1.807, 2.05) is 0 Å². The van der Waals surface area contributed by atoms with Gasteiger partial charge in [-0.05, 0) is 67.9 Å². The highest BCUT2D eigenvalue weighted by atomic mass is 35.5. The van der Waals surface area contributed by atoms with E-state index in [1.165, 1.54) is 24.3 Å². The standard InChI is InChI=1S/C23H23ClN2O5S/c1-15-7-8-17(24)13-22(15)26-32(28,29)21-11-9-18(10-12-21)25-23(27)16(2)31-20-6-4-5-19(14-20)30-3/h4-14,16,26H,1-3H3,(H,25,27). The molecule has 0 aliphatic carbocycles. The van der Waals surface area contributed by atoms with E-state index < -0.39 is 16.1 Å². The van der Waals surface area contributed by atoms with Crippen molar-refractivity contribution in [3.8, 4) is 11.5 Å². The van der Waals surface area contributed by atoms with Gasteiger partial charge >= 0.3 is 0 Å². The van der Waals surface area contributed by atoms with Crippen molar-refractivity contribution in [1.29, 1.82) is 0 Å². The lowest BCUT2D eigenvalue weighted by Crippen LogP contribution is -2.30. The van der Waals surface area contributed by atoms with Gasteiger partial charge in [0.2, 0.25) is 0 Å². The van der Waals surface area contributed by atoms with Crippen molar-refractivity contribution >= 4 is 38.9 Å². The summed E-state index contributed by atoms with van der Waals surface area (Å²) in [6, 6.07) is 17.7. The van der Waals surface area contributed by atoms with Crippen LogP contribution in [0.2, 0.25) is 5.02 Å². The lowest BCUT2D eigenvalue weighted by atomic mass is 10.2. The summed E-state index contributed by atoms with van der Waals surface area (Å²) < 4.78 is 38.7. The average Bonchev–Trinajstić information content (AvgIpc) is 2.76. The maximum atomic E-state index is 12.7. The Morgan fingerprint density at radius 3 is 2.38 bits per heavy atom. The number of halogens is 1. The fraction of sp³-hybridized carbons (Fsp3) is 0.174. The minimum Gasteiger partial charge on any atom is -0.497 e. The molecule has 0 fully saturated rings. The molecule has 0 heterocycles. The van der Waals surface area contributed by atoms with E-state index in [1.54, 1.807) is 63.4 Å². The number of carbonyl (C=O) groups is 1. The summed E-state index contributed by atoms with van der Waals surface area (Å²) in [5.74, 6) is 0.736. The molecule has 7 nitrogen and oxygen atoms in total. The largest absolute Gasteiger partial charge is 0.497 e. The summed E-state index contributed by atoms with van der Waals surface area (Å²) in [7, 11) is -2.27. The highest BCUT2D eigenvalue weighted by molar-refractivity contribution is 7.92. The van der Waals surface area contributed by atoms with Crippen molar-refractivity contribution in [2.75, 3.05) is 17.1 Å². The molecule has 3 aromatic rings. The van der Waals surface area contributed by atoms with E-state index in [2.05, 4.69) is 10.0 Å². The first-order valence-corrected chi connectivity index (χ1v) is 11.5. The molecule has 0 radical (unpaired) electrons. The molecule has 1 amide bonds. The van der Waals surface area contributed by atoms with Gasteiger partial charge < -0.3 is 14.8 Å². The molecule has 0 spiro atoms. The average molecular weight is 475 g/mol. The molecule has 0 aliphatic heterocycles. The fourth-order valence-electron chi connectivity index (χ4n) is 2.80. The molecule has 0 saturated heterocycles. The van der Waals surface area contributed by atoms with Crippen molar-refractivity contribution in [1.82, 2.24) is 0 Å². The Labute approximate surface area is 192 Å². The van der Waals surface area contributed by atoms with Crippen LogP contribution in [0.25, 0.3) is 0 Å². The number of nitrogens with one attached hydrogen (secondary N) is 2. The molecule has 0 bridgehead atoms. The molecule has 0 aliphatic rings. The molecule has 1 unspecified atom stereocenters. The molecular weight excluding hydrogens is 452 g/mol. The molecule has 0 saturated carbocycles. The number of aryl methyl sites for hydroxylation is 1. The second-order valence-corrected chi connectivity index (χ2v) is 9.14. The van der Waals surface area contributed by atoms with Crippen LogP contribution in [0.15, 0.2) is 71.6 Å². The first-order valence-electron chi connectivity index (χ1n) is 9.68. The maximum absolute atomic E-state index is 12.7. The van der Waals surface area contributed by atoms with Crippen LogP contribution in [0.5, 0.6) is 11.5 Å². The minimum absolute atomic E-state index is 0.0514. The van der Waals surface area contributed by atoms with E-state index in [0.29, 0.717) is 27.9 Å². The highest BCUT2D eigenvalue weighted by Gasteiger charge is 2.18. The van der Waals surface area contributed by atoms with E-state index in [9.17, 15) is 13.2 Å². The van der Waals surface area contributed by atoms with Gasteiger partial charge in [0.05, 0.1) is 17.7 Å². The van der Waals surface area contributed by atoms with Crippen LogP contribution >= 0.6 is 11.6 Å². The first-order chi connectivity index (χ1) is 15.2. The number of hydrogen-bond acceptors (Lipinski definition) is 5. The summed E-state index contributed by atoms with van der Waals surface area (Å²) >= 11 is 5.96. The molecule has 3 aromatic carbocycles. The first kappa shape index (κ1) is 23.4. The predicted molar refractivity (Wildman–Crippen MR) is 125 cm³/mol. The lowest BCUT2D eigenvalue weighted by Gasteiger charge is -2.15. The number of rotatable bonds is 8. The molecular formula is C23H23ClN2O5S. The smallest absolute Gasteiger partial charge is 0.265 e. The van der Waals surface area contributed by atoms with Gasteiger partial charge in [0.1, 0.15) is 11.5 Å². The monoisotopic (exact) mass is 474 g/mol. The molecule has 0 aromatic heterocycles. The number of methoxy groups -OCH3 is 1. The third kappa shape index (κ3) is 5.93. The molecule has 3 rings (SSSR count). The van der Waals surface area contributed by atoms with Crippen molar-refractivity contribution in [3.63, 3.8) is 0 Å². The van der Waals surface area contributed by atoms with Crippen molar-refractivity contribution in [3.05, 3.63) is 77.3 Å². The Kier molecular flexibility index (Phi) is 7.27. The van der Waals surface area contributed by atoms with Gasteiger partial charge in [0.25, 0.3) is 15.9 Å². The summed E-state index contributed by atoms with van der Waals surface area (Å²) in [5, 5.41) is 3.14. The van der Waals surface area contributed by atoms with Crippen LogP contribution in [0.1, 0.15) is 12.5 Å². The summed E-state index contributed by atoms with van der Waals surface area (Å²) in [5.41, 5.74) is 1.58. The Bertz CT molecular complexity index is 1210. The minimum atomic E-state index is -3.82. The number of hydrogen-bond donors (Lipinski definition) is 2. The number of benzene rings is 3. The van der Waals surface area contributed by atoms with Crippen molar-refractivity contribution < 1.29 is 22.7 Å². The number of sulfonamides is 1. The van der Waals surface area contributed by atoms with E-state index >= 15 is 0 Å². The molecule has 1 atom stereocenters. The Morgan fingerprint density at radius 1 is 1.00 bits per heavy atom. The second kappa shape index (κ2) is 9.93. The summed E-state index contributed by atoms with van der Waals surface area (Å²) in [6.07, 6.45) is -0.780. The Morgan fingerprint density at radius 2 is 1.69 bits per heavy atom. The molecule has 32 heavy (non-hydrogen) atoms. The topological polar surface area (TPSA) is 93.7 Å². The number of ether oxygens (including phenoxy) is 2. The number of carbonyl (C=O) groups excluding carboxylic acids is 1. The number of anilines is 2. The van der Waals surface area contributed by atoms with Gasteiger partial charge in [0.15, 0.2) is 6.10 Å². The van der Waals surface area contributed by atoms with E-state index in [-0.39, 0.29) is 10.8 Å². The van der Waals surface area contributed by atoms with Gasteiger partial charge in [-0.3, -0.25) is 9.52 Å². The van der Waals surface area contributed by atoms with Crippen LogP contribution in [0, 0.1) is 6.92 Å². The van der Waals surface area contributed by atoms with Crippen LogP contribution < -0.4 is 19.5 Å². The quantitative estimate of drug-likeness (QED) is 0.486. The van der Waals surface area contributed by atoms with Crippen LogP contribution in [0.3, 0.4) is 0 Å². The zero-order valence-corrected chi connectivity index (χ0v) is 19.3. The van der Waals surface area contributed by atoms with Crippen LogP contribution in [-0.2, 0) is 14.8 Å². The molecule has 168 valence electrons. The fourth-order valence-corrected chi connectivity index (χ4v) is 4.10. The summed E-state index contributed by atoms with van der Waals surface area (Å²) in [4.78, 5) is 12.5. The van der Waals surface area contributed by atoms with Gasteiger partial charge in [-0.1, -0.05) is 23.7 Å². The zero-order valence-electron chi connectivity index (χ0n) is 17.8. The van der Waals surface area contributed by atoms with Gasteiger partial charge in [-0.25, -0.2) is 8.42 Å². The van der Waals surface area contributed by atoms with Crippen LogP contribution in [-0.4, -0.2) is 27.5 Å². The molecule has 9 heteroatoms. The summed E-state index contributed by atoms with van der Waals surface area (Å²) in [6.45, 7) is 3.40. The van der Waals surface area contributed by atoms with Gasteiger partial charge in [-0.2, -0.15) is 0 Å². The van der Waals surface area contributed by atoms with Gasteiger partial charge in [-0.15, -0.1) is 0 Å². The lowest BCUT2D eigenvalue weighted by molar-refractivity contribution is -0.122. The Balaban J connectivity index is 1.65. The van der Waals surface area contributed by atoms with Crippen molar-refractivity contribution in [2.45, 2.75) is 24.8 Å². The normalized spacial score (nSPS) is 12.0. The third-order valence-electron chi connectivity index (χ3n) is 4.60. The maximum Gasteiger partial charge on any atom is 0.265 e. The number of amides is 1. The third-order valence-corrected chi connectivity index (χ3v) is 6.22. The van der Waals surface area contributed by atoms with Crippen LogP contribution in [0.4, 0.5) is 11.4 Å². The van der Waals surface area contributed by atoms with Gasteiger partial charge in [0, 0.05) is 16.8 Å². The SMILES string of the molecule is COc1cccc(OC(C)C(=O)Nc2ccc(S(=O)(=O)Nc3cc(Cl)ccc3C)cc2)c1.